The van der Waals surface area contributed by atoms with Crippen molar-refractivity contribution in [1.82, 2.24) is 9.55 Å². The summed E-state index contributed by atoms with van der Waals surface area (Å²) in [4.78, 5) is 17.0. The van der Waals surface area contributed by atoms with Crippen molar-refractivity contribution in [3.8, 4) is 6.07 Å². The van der Waals surface area contributed by atoms with Crippen LogP contribution in [0, 0.1) is 11.3 Å². The second kappa shape index (κ2) is 5.93. The Morgan fingerprint density at radius 1 is 1.25 bits per heavy atom. The molecule has 1 heterocycles. The first-order valence-electron chi connectivity index (χ1n) is 8.23. The smallest absolute Gasteiger partial charge is 0.261 e. The van der Waals surface area contributed by atoms with Gasteiger partial charge in [0.2, 0.25) is 0 Å². The van der Waals surface area contributed by atoms with E-state index in [-0.39, 0.29) is 5.56 Å². The highest BCUT2D eigenvalue weighted by Crippen LogP contribution is 2.35. The van der Waals surface area contributed by atoms with Gasteiger partial charge in [-0.2, -0.15) is 5.26 Å². The zero-order valence-electron chi connectivity index (χ0n) is 13.3. The van der Waals surface area contributed by atoms with Crippen molar-refractivity contribution in [2.45, 2.75) is 31.7 Å². The number of nitriles is 1. The lowest BCUT2D eigenvalue weighted by atomic mass is 9.98. The summed E-state index contributed by atoms with van der Waals surface area (Å²) in [5.74, 6) is 0.518. The van der Waals surface area contributed by atoms with Gasteiger partial charge >= 0.3 is 0 Å². The Morgan fingerprint density at radius 3 is 3.00 bits per heavy atom. The number of rotatable bonds is 3. The fraction of sp³-hybridized carbons (Fsp3) is 0.250. The second-order valence-corrected chi connectivity index (χ2v) is 6.31. The van der Waals surface area contributed by atoms with Gasteiger partial charge in [-0.05, 0) is 54.5 Å². The molecule has 2 aromatic carbocycles. The monoisotopic (exact) mass is 315 g/mol. The van der Waals surface area contributed by atoms with E-state index in [1.165, 1.54) is 11.1 Å². The molecule has 1 aliphatic carbocycles. The van der Waals surface area contributed by atoms with Gasteiger partial charge in [0.05, 0.1) is 28.9 Å². The Morgan fingerprint density at radius 2 is 2.12 bits per heavy atom. The summed E-state index contributed by atoms with van der Waals surface area (Å²) in [7, 11) is 0. The van der Waals surface area contributed by atoms with Gasteiger partial charge in [-0.15, -0.1) is 0 Å². The molecule has 0 saturated carbocycles. The number of hydrogen-bond donors (Lipinski definition) is 0. The van der Waals surface area contributed by atoms with Crippen LogP contribution in [0.2, 0.25) is 0 Å². The quantitative estimate of drug-likeness (QED) is 0.744. The van der Waals surface area contributed by atoms with E-state index in [1.54, 1.807) is 29.1 Å². The van der Waals surface area contributed by atoms with E-state index in [9.17, 15) is 4.79 Å². The highest BCUT2D eigenvalue weighted by Gasteiger charge is 2.21. The predicted molar refractivity (Wildman–Crippen MR) is 92.8 cm³/mol. The molecule has 0 saturated heterocycles. The zero-order chi connectivity index (χ0) is 16.5. The molecule has 0 radical (unpaired) electrons. The number of nitrogens with zero attached hydrogens (tertiary/aromatic N) is 3. The minimum Gasteiger partial charge on any atom is -0.299 e. The molecule has 0 aliphatic heterocycles. The Labute approximate surface area is 140 Å². The lowest BCUT2D eigenvalue weighted by molar-refractivity contribution is 0.532. The minimum atomic E-state index is -0.0317. The summed E-state index contributed by atoms with van der Waals surface area (Å²) in [6.07, 6.45) is 4.83. The molecule has 0 spiro atoms. The van der Waals surface area contributed by atoms with Crippen LogP contribution < -0.4 is 5.56 Å². The topological polar surface area (TPSA) is 58.7 Å². The van der Waals surface area contributed by atoms with E-state index in [2.05, 4.69) is 35.3 Å². The Bertz CT molecular complexity index is 1010. The first-order valence-corrected chi connectivity index (χ1v) is 8.23. The van der Waals surface area contributed by atoms with Crippen molar-refractivity contribution in [3.63, 3.8) is 0 Å². The first kappa shape index (κ1) is 14.6. The van der Waals surface area contributed by atoms with Gasteiger partial charge in [-0.25, -0.2) is 4.98 Å². The first-order chi connectivity index (χ1) is 11.8. The molecular formula is C20H17N3O. The molecule has 24 heavy (non-hydrogen) atoms. The van der Waals surface area contributed by atoms with E-state index < -0.39 is 0 Å². The Hall–Kier alpha value is -2.93. The Balaban J connectivity index is 1.59. The molecular weight excluding hydrogens is 298 g/mol. The van der Waals surface area contributed by atoms with Crippen LogP contribution in [0.25, 0.3) is 10.9 Å². The SMILES string of the molecule is N#Cc1ccc2c(=O)n(CCC3CCc4ccccc43)cnc2c1. The van der Waals surface area contributed by atoms with Crippen LogP contribution in [0.15, 0.2) is 53.6 Å². The molecule has 4 rings (SSSR count). The van der Waals surface area contributed by atoms with Crippen LogP contribution in [0.3, 0.4) is 0 Å². The average Bonchev–Trinajstić information content (AvgIpc) is 3.04. The van der Waals surface area contributed by atoms with Gasteiger partial charge in [-0.3, -0.25) is 9.36 Å². The average molecular weight is 315 g/mol. The normalized spacial score (nSPS) is 16.0. The molecule has 3 aromatic rings. The number of aromatic nitrogens is 2. The maximum Gasteiger partial charge on any atom is 0.261 e. The third kappa shape index (κ3) is 2.48. The van der Waals surface area contributed by atoms with Crippen molar-refractivity contribution in [2.75, 3.05) is 0 Å². The zero-order valence-corrected chi connectivity index (χ0v) is 13.3. The molecule has 4 heteroatoms. The van der Waals surface area contributed by atoms with Gasteiger partial charge < -0.3 is 0 Å². The van der Waals surface area contributed by atoms with Crippen molar-refractivity contribution >= 4 is 10.9 Å². The minimum absolute atomic E-state index is 0.0317. The largest absolute Gasteiger partial charge is 0.299 e. The second-order valence-electron chi connectivity index (χ2n) is 6.31. The lowest BCUT2D eigenvalue weighted by Gasteiger charge is -2.13. The number of aryl methyl sites for hydroxylation is 2. The fourth-order valence-electron chi connectivity index (χ4n) is 3.63. The molecule has 0 bridgehead atoms. The molecule has 1 aliphatic rings. The van der Waals surface area contributed by atoms with Crippen LogP contribution in [-0.4, -0.2) is 9.55 Å². The molecule has 4 nitrogen and oxygen atoms in total. The van der Waals surface area contributed by atoms with Gasteiger partial charge in [0.15, 0.2) is 0 Å². The number of benzene rings is 2. The van der Waals surface area contributed by atoms with Gasteiger partial charge in [-0.1, -0.05) is 24.3 Å². The molecule has 0 amide bonds. The summed E-state index contributed by atoms with van der Waals surface area (Å²) in [5, 5.41) is 9.52. The van der Waals surface area contributed by atoms with Crippen LogP contribution in [-0.2, 0) is 13.0 Å². The maximum absolute atomic E-state index is 12.6. The summed E-state index contributed by atoms with van der Waals surface area (Å²) in [5.41, 5.74) is 3.94. The Kier molecular flexibility index (Phi) is 3.62. The van der Waals surface area contributed by atoms with E-state index >= 15 is 0 Å². The van der Waals surface area contributed by atoms with E-state index in [1.807, 2.05) is 0 Å². The molecule has 1 atom stereocenters. The van der Waals surface area contributed by atoms with Crippen LogP contribution in [0.5, 0.6) is 0 Å². The van der Waals surface area contributed by atoms with Crippen LogP contribution >= 0.6 is 0 Å². The molecule has 0 N–H and O–H groups in total. The summed E-state index contributed by atoms with van der Waals surface area (Å²) >= 11 is 0. The standard InChI is InChI=1S/C20H17N3O/c21-12-14-5-8-18-19(11-14)22-13-23(20(18)24)10-9-16-7-6-15-3-1-2-4-17(15)16/h1-5,8,11,13,16H,6-7,9-10H2. The third-order valence-electron chi connectivity index (χ3n) is 4.93. The van der Waals surface area contributed by atoms with Crippen LogP contribution in [0.4, 0.5) is 0 Å². The maximum atomic E-state index is 12.6. The van der Waals surface area contributed by atoms with Crippen LogP contribution in [0.1, 0.15) is 35.4 Å². The van der Waals surface area contributed by atoms with Crippen molar-refractivity contribution in [1.29, 1.82) is 5.26 Å². The van der Waals surface area contributed by atoms with E-state index in [0.717, 1.165) is 19.3 Å². The summed E-state index contributed by atoms with van der Waals surface area (Å²) in [6, 6.07) is 15.7. The lowest BCUT2D eigenvalue weighted by Crippen LogP contribution is -2.21. The van der Waals surface area contributed by atoms with Crippen molar-refractivity contribution in [3.05, 3.63) is 75.8 Å². The molecule has 1 unspecified atom stereocenters. The molecule has 0 fully saturated rings. The summed E-state index contributed by atoms with van der Waals surface area (Å²) in [6.45, 7) is 0.667. The fourth-order valence-corrected chi connectivity index (χ4v) is 3.63. The van der Waals surface area contributed by atoms with Gasteiger partial charge in [0.1, 0.15) is 0 Å². The predicted octanol–water partition coefficient (Wildman–Crippen LogP) is 3.39. The van der Waals surface area contributed by atoms with Crippen molar-refractivity contribution in [2.24, 2.45) is 0 Å². The van der Waals surface area contributed by atoms with Gasteiger partial charge in [0, 0.05) is 6.54 Å². The molecule has 1 aromatic heterocycles. The summed E-state index contributed by atoms with van der Waals surface area (Å²) < 4.78 is 1.69. The van der Waals surface area contributed by atoms with E-state index in [0.29, 0.717) is 28.9 Å². The molecule has 118 valence electrons. The number of fused-ring (bicyclic) bond motifs is 2. The van der Waals surface area contributed by atoms with Crippen molar-refractivity contribution < 1.29 is 0 Å². The van der Waals surface area contributed by atoms with E-state index in [4.69, 9.17) is 5.26 Å². The highest BCUT2D eigenvalue weighted by molar-refractivity contribution is 5.78. The number of hydrogen-bond acceptors (Lipinski definition) is 3. The highest BCUT2D eigenvalue weighted by atomic mass is 16.1. The van der Waals surface area contributed by atoms with Gasteiger partial charge in [0.25, 0.3) is 5.56 Å². The third-order valence-corrected chi connectivity index (χ3v) is 4.93.